The second kappa shape index (κ2) is 4.20. The van der Waals surface area contributed by atoms with Gasteiger partial charge in [0.2, 0.25) is 0 Å². The van der Waals surface area contributed by atoms with Gasteiger partial charge in [0.15, 0.2) is 5.69 Å². The first-order valence-electron chi connectivity index (χ1n) is 5.69. The molecule has 90 valence electrons. The lowest BCUT2D eigenvalue weighted by atomic mass is 9.97. The van der Waals surface area contributed by atoms with Crippen LogP contribution in [0, 0.1) is 5.41 Å². The first kappa shape index (κ1) is 11.6. The summed E-state index contributed by atoms with van der Waals surface area (Å²) in [7, 11) is 0. The predicted molar refractivity (Wildman–Crippen MR) is 67.9 cm³/mol. The first-order chi connectivity index (χ1) is 7.97. The number of nitrogens with one attached hydrogen (secondary N) is 2. The van der Waals surface area contributed by atoms with Crippen LogP contribution in [0.5, 0.6) is 0 Å². The van der Waals surface area contributed by atoms with E-state index in [0.29, 0.717) is 12.2 Å². The Kier molecular flexibility index (Phi) is 2.88. The number of hydrogen-bond donors (Lipinski definition) is 2. The number of nitrogens with zero attached hydrogens (tertiary/aromatic N) is 1. The van der Waals surface area contributed by atoms with Crippen LogP contribution in [0.25, 0.3) is 10.9 Å². The molecule has 0 aliphatic heterocycles. The molecule has 1 amide bonds. The number of carbonyl (C=O) groups excluding carboxylic acids is 1. The van der Waals surface area contributed by atoms with Gasteiger partial charge in [0.1, 0.15) is 0 Å². The van der Waals surface area contributed by atoms with Crippen LogP contribution >= 0.6 is 0 Å². The van der Waals surface area contributed by atoms with Crippen LogP contribution in [0.1, 0.15) is 31.3 Å². The van der Waals surface area contributed by atoms with E-state index in [2.05, 4.69) is 36.3 Å². The van der Waals surface area contributed by atoms with Crippen LogP contribution in [-0.2, 0) is 0 Å². The Bertz CT molecular complexity index is 537. The fourth-order valence-corrected chi connectivity index (χ4v) is 1.57. The third kappa shape index (κ3) is 2.64. The molecule has 0 radical (unpaired) electrons. The summed E-state index contributed by atoms with van der Waals surface area (Å²) in [5.41, 5.74) is 1.42. The summed E-state index contributed by atoms with van der Waals surface area (Å²) >= 11 is 0. The molecule has 0 bridgehead atoms. The Morgan fingerprint density at radius 2 is 2.06 bits per heavy atom. The highest BCUT2D eigenvalue weighted by Crippen LogP contribution is 2.16. The van der Waals surface area contributed by atoms with Gasteiger partial charge in [0.05, 0.1) is 5.52 Å². The van der Waals surface area contributed by atoms with Crippen molar-refractivity contribution in [2.45, 2.75) is 20.8 Å². The van der Waals surface area contributed by atoms with E-state index in [-0.39, 0.29) is 11.3 Å². The van der Waals surface area contributed by atoms with Gasteiger partial charge in [-0.2, -0.15) is 5.10 Å². The van der Waals surface area contributed by atoms with Gasteiger partial charge in [0, 0.05) is 11.9 Å². The van der Waals surface area contributed by atoms with Crippen molar-refractivity contribution in [3.05, 3.63) is 30.0 Å². The average Bonchev–Trinajstić information content (AvgIpc) is 2.68. The van der Waals surface area contributed by atoms with Gasteiger partial charge in [0.25, 0.3) is 5.91 Å². The number of rotatable bonds is 2. The largest absolute Gasteiger partial charge is 0.350 e. The molecule has 2 aromatic rings. The van der Waals surface area contributed by atoms with Gasteiger partial charge < -0.3 is 5.32 Å². The van der Waals surface area contributed by atoms with Crippen LogP contribution in [0.4, 0.5) is 0 Å². The molecule has 0 unspecified atom stereocenters. The van der Waals surface area contributed by atoms with Gasteiger partial charge in [-0.25, -0.2) is 0 Å². The number of amides is 1. The molecule has 0 saturated heterocycles. The number of H-pyrrole nitrogens is 1. The Hall–Kier alpha value is -1.84. The Labute approximate surface area is 100 Å². The fraction of sp³-hybridized carbons (Fsp3) is 0.385. The molecule has 0 spiro atoms. The number of aromatic nitrogens is 2. The van der Waals surface area contributed by atoms with Crippen LogP contribution in [0.2, 0.25) is 0 Å². The minimum atomic E-state index is -0.127. The molecule has 0 aliphatic rings. The molecule has 1 heterocycles. The number of aromatic amines is 1. The minimum absolute atomic E-state index is 0.0712. The van der Waals surface area contributed by atoms with Gasteiger partial charge in [-0.3, -0.25) is 9.89 Å². The molecule has 0 fully saturated rings. The summed E-state index contributed by atoms with van der Waals surface area (Å²) < 4.78 is 0. The molecule has 2 N–H and O–H groups in total. The monoisotopic (exact) mass is 231 g/mol. The van der Waals surface area contributed by atoms with E-state index < -0.39 is 0 Å². The number of fused-ring (bicyclic) bond motifs is 1. The van der Waals surface area contributed by atoms with Gasteiger partial charge in [-0.05, 0) is 11.5 Å². The van der Waals surface area contributed by atoms with Crippen molar-refractivity contribution in [1.29, 1.82) is 0 Å². The smallest absolute Gasteiger partial charge is 0.272 e. The van der Waals surface area contributed by atoms with E-state index in [1.807, 2.05) is 24.3 Å². The maximum absolute atomic E-state index is 12.0. The summed E-state index contributed by atoms with van der Waals surface area (Å²) in [5.74, 6) is -0.127. The zero-order chi connectivity index (χ0) is 12.5. The van der Waals surface area contributed by atoms with E-state index in [1.54, 1.807) is 0 Å². The molecule has 4 nitrogen and oxygen atoms in total. The van der Waals surface area contributed by atoms with Crippen LogP contribution in [0.3, 0.4) is 0 Å². The van der Waals surface area contributed by atoms with Crippen LogP contribution in [0.15, 0.2) is 24.3 Å². The highest BCUT2D eigenvalue weighted by Gasteiger charge is 2.16. The van der Waals surface area contributed by atoms with Gasteiger partial charge >= 0.3 is 0 Å². The van der Waals surface area contributed by atoms with Gasteiger partial charge in [-0.1, -0.05) is 39.0 Å². The molecule has 17 heavy (non-hydrogen) atoms. The Morgan fingerprint density at radius 3 is 2.76 bits per heavy atom. The minimum Gasteiger partial charge on any atom is -0.350 e. The molecule has 0 aliphatic carbocycles. The van der Waals surface area contributed by atoms with Crippen molar-refractivity contribution in [2.75, 3.05) is 6.54 Å². The second-order valence-corrected chi connectivity index (χ2v) is 5.36. The van der Waals surface area contributed by atoms with Crippen molar-refractivity contribution in [3.8, 4) is 0 Å². The summed E-state index contributed by atoms with van der Waals surface area (Å²) in [6.07, 6.45) is 0. The number of hydrogen-bond acceptors (Lipinski definition) is 2. The highest BCUT2D eigenvalue weighted by atomic mass is 16.1. The zero-order valence-electron chi connectivity index (χ0n) is 10.4. The third-order valence-electron chi connectivity index (χ3n) is 2.46. The SMILES string of the molecule is CC(C)(C)CNC(=O)c1n[nH]c2ccccc12. The number of para-hydroxylation sites is 1. The van der Waals surface area contributed by atoms with Crippen molar-refractivity contribution in [2.24, 2.45) is 5.41 Å². The standard InChI is InChI=1S/C13H17N3O/c1-13(2,3)8-14-12(17)11-9-6-4-5-7-10(9)15-16-11/h4-7H,8H2,1-3H3,(H,14,17)(H,15,16). The van der Waals surface area contributed by atoms with E-state index >= 15 is 0 Å². The molecule has 4 heteroatoms. The lowest BCUT2D eigenvalue weighted by molar-refractivity contribution is 0.0936. The maximum atomic E-state index is 12.0. The van der Waals surface area contributed by atoms with E-state index in [1.165, 1.54) is 0 Å². The summed E-state index contributed by atoms with van der Waals surface area (Å²) in [4.78, 5) is 12.0. The first-order valence-corrected chi connectivity index (χ1v) is 5.69. The van der Waals surface area contributed by atoms with Crippen molar-refractivity contribution >= 4 is 16.8 Å². The summed E-state index contributed by atoms with van der Waals surface area (Å²) in [6.45, 7) is 6.87. The lowest BCUT2D eigenvalue weighted by Crippen LogP contribution is -2.32. The van der Waals surface area contributed by atoms with Crippen LogP contribution < -0.4 is 5.32 Å². The maximum Gasteiger partial charge on any atom is 0.272 e. The number of benzene rings is 1. The van der Waals surface area contributed by atoms with E-state index in [4.69, 9.17) is 0 Å². The van der Waals surface area contributed by atoms with E-state index in [9.17, 15) is 4.79 Å². The average molecular weight is 231 g/mol. The molecule has 2 rings (SSSR count). The Balaban J connectivity index is 2.20. The molecule has 0 atom stereocenters. The molecular formula is C13H17N3O. The molecule has 1 aromatic carbocycles. The number of carbonyl (C=O) groups is 1. The third-order valence-corrected chi connectivity index (χ3v) is 2.46. The normalized spacial score (nSPS) is 11.7. The zero-order valence-corrected chi connectivity index (χ0v) is 10.4. The highest BCUT2D eigenvalue weighted by molar-refractivity contribution is 6.04. The molecule has 0 saturated carbocycles. The fourth-order valence-electron chi connectivity index (χ4n) is 1.57. The predicted octanol–water partition coefficient (Wildman–Crippen LogP) is 2.34. The summed E-state index contributed by atoms with van der Waals surface area (Å²) in [6, 6.07) is 7.61. The topological polar surface area (TPSA) is 57.8 Å². The molecular weight excluding hydrogens is 214 g/mol. The van der Waals surface area contributed by atoms with Gasteiger partial charge in [-0.15, -0.1) is 0 Å². The van der Waals surface area contributed by atoms with Crippen LogP contribution in [-0.4, -0.2) is 22.6 Å². The lowest BCUT2D eigenvalue weighted by Gasteiger charge is -2.18. The second-order valence-electron chi connectivity index (χ2n) is 5.36. The quantitative estimate of drug-likeness (QED) is 0.833. The van der Waals surface area contributed by atoms with E-state index in [0.717, 1.165) is 10.9 Å². The van der Waals surface area contributed by atoms with Crippen molar-refractivity contribution in [1.82, 2.24) is 15.5 Å². The molecule has 1 aromatic heterocycles. The Morgan fingerprint density at radius 1 is 1.35 bits per heavy atom. The van der Waals surface area contributed by atoms with Crippen molar-refractivity contribution < 1.29 is 4.79 Å². The van der Waals surface area contributed by atoms with Crippen molar-refractivity contribution in [3.63, 3.8) is 0 Å². The summed E-state index contributed by atoms with van der Waals surface area (Å²) in [5, 5.41) is 10.7.